The largest absolute Gasteiger partial charge is 0.324 e. The van der Waals surface area contributed by atoms with Crippen molar-refractivity contribution in [3.8, 4) is 0 Å². The summed E-state index contributed by atoms with van der Waals surface area (Å²) in [5, 5.41) is 11.8. The highest BCUT2D eigenvalue weighted by Gasteiger charge is 2.34. The maximum Gasteiger partial charge on any atom is 0.241 e. The van der Waals surface area contributed by atoms with Gasteiger partial charge in [-0.2, -0.15) is 0 Å². The second-order valence-electron chi connectivity index (χ2n) is 9.18. The molecular formula is C26H32N4O4. The van der Waals surface area contributed by atoms with Crippen molar-refractivity contribution in [1.29, 1.82) is 0 Å². The normalized spacial score (nSPS) is 14.5. The molecule has 0 heterocycles. The van der Waals surface area contributed by atoms with E-state index in [-0.39, 0.29) is 63.3 Å². The Bertz CT molecular complexity index is 1050. The second-order valence-corrected chi connectivity index (χ2v) is 9.18. The molecule has 34 heavy (non-hydrogen) atoms. The summed E-state index contributed by atoms with van der Waals surface area (Å²) in [5.74, 6) is -1.39. The van der Waals surface area contributed by atoms with E-state index in [1.807, 2.05) is 27.7 Å². The predicted molar refractivity (Wildman–Crippen MR) is 132 cm³/mol. The van der Waals surface area contributed by atoms with Crippen molar-refractivity contribution >= 4 is 34.8 Å². The Morgan fingerprint density at radius 3 is 1.35 bits per heavy atom. The van der Waals surface area contributed by atoms with E-state index in [0.717, 1.165) is 0 Å². The van der Waals surface area contributed by atoms with E-state index >= 15 is 0 Å². The summed E-state index contributed by atoms with van der Waals surface area (Å²) >= 11 is 0. The van der Waals surface area contributed by atoms with Gasteiger partial charge in [0.25, 0.3) is 0 Å². The number of benzene rings is 2. The van der Waals surface area contributed by atoms with Crippen molar-refractivity contribution in [3.63, 3.8) is 0 Å². The molecule has 0 aliphatic heterocycles. The van der Waals surface area contributed by atoms with Crippen molar-refractivity contribution in [2.75, 3.05) is 10.6 Å². The second kappa shape index (κ2) is 10.3. The van der Waals surface area contributed by atoms with E-state index in [0.29, 0.717) is 0 Å². The number of nitrogens with one attached hydrogen (secondary N) is 4. The number of rotatable bonds is 8. The molecule has 180 valence electrons. The minimum atomic E-state index is -0.498. The van der Waals surface area contributed by atoms with Crippen molar-refractivity contribution in [1.82, 2.24) is 10.6 Å². The molecule has 2 unspecified atom stereocenters. The summed E-state index contributed by atoms with van der Waals surface area (Å²) in [5.41, 5.74) is 1.22. The summed E-state index contributed by atoms with van der Waals surface area (Å²) in [7, 11) is 0. The van der Waals surface area contributed by atoms with Crippen LogP contribution in [0.15, 0.2) is 36.4 Å². The van der Waals surface area contributed by atoms with Crippen LogP contribution >= 0.6 is 0 Å². The smallest absolute Gasteiger partial charge is 0.241 e. The summed E-state index contributed by atoms with van der Waals surface area (Å²) in [4.78, 5) is 52.4. The molecule has 0 saturated heterocycles. The van der Waals surface area contributed by atoms with Crippen LogP contribution in [0, 0.1) is 0 Å². The lowest BCUT2D eigenvalue weighted by molar-refractivity contribution is -0.118. The van der Waals surface area contributed by atoms with Crippen LogP contribution < -0.4 is 21.3 Å². The SMILES string of the molecule is CC(C)NC(C)C(=O)Nc1cccc2c1C(=O)c1c(NC(=O)C(C)NC(C)C)cccc1C2=O. The number of ketones is 2. The monoisotopic (exact) mass is 464 g/mol. The van der Waals surface area contributed by atoms with E-state index in [1.165, 1.54) is 0 Å². The minimum Gasteiger partial charge on any atom is -0.324 e. The molecule has 1 aliphatic carbocycles. The average Bonchev–Trinajstić information content (AvgIpc) is 2.76. The molecule has 2 amide bonds. The molecular weight excluding hydrogens is 432 g/mol. The number of anilines is 2. The highest BCUT2D eigenvalue weighted by Crippen LogP contribution is 2.35. The van der Waals surface area contributed by atoms with E-state index in [9.17, 15) is 19.2 Å². The van der Waals surface area contributed by atoms with E-state index in [4.69, 9.17) is 0 Å². The molecule has 8 nitrogen and oxygen atoms in total. The summed E-state index contributed by atoms with van der Waals surface area (Å²) in [6, 6.07) is 8.82. The first-order valence-corrected chi connectivity index (χ1v) is 11.5. The first kappa shape index (κ1) is 25.3. The number of hydrogen-bond acceptors (Lipinski definition) is 6. The Balaban J connectivity index is 1.98. The fourth-order valence-electron chi connectivity index (χ4n) is 4.08. The molecule has 0 aromatic heterocycles. The Labute approximate surface area is 199 Å². The van der Waals surface area contributed by atoms with Crippen molar-refractivity contribution < 1.29 is 19.2 Å². The van der Waals surface area contributed by atoms with Crippen LogP contribution in [0.4, 0.5) is 11.4 Å². The van der Waals surface area contributed by atoms with Gasteiger partial charge in [-0.15, -0.1) is 0 Å². The first-order chi connectivity index (χ1) is 16.0. The molecule has 0 spiro atoms. The van der Waals surface area contributed by atoms with Gasteiger partial charge in [0.05, 0.1) is 34.6 Å². The minimum absolute atomic E-state index is 0.0965. The van der Waals surface area contributed by atoms with Gasteiger partial charge in [0.2, 0.25) is 11.8 Å². The van der Waals surface area contributed by atoms with Crippen LogP contribution in [-0.2, 0) is 9.59 Å². The Kier molecular flexibility index (Phi) is 7.64. The fraction of sp³-hybridized carbons (Fsp3) is 0.385. The number of carbonyl (C=O) groups is 4. The van der Waals surface area contributed by atoms with Crippen LogP contribution in [0.25, 0.3) is 0 Å². The molecule has 3 rings (SSSR count). The third kappa shape index (κ3) is 5.24. The van der Waals surface area contributed by atoms with Gasteiger partial charge in [0, 0.05) is 23.2 Å². The highest BCUT2D eigenvalue weighted by molar-refractivity contribution is 6.32. The number of fused-ring (bicyclic) bond motifs is 2. The first-order valence-electron chi connectivity index (χ1n) is 11.5. The standard InChI is InChI=1S/C26H32N4O4/c1-13(2)27-15(5)25(33)29-19-11-7-9-17-21(19)24(32)22-18(23(17)31)10-8-12-20(22)30-26(34)16(6)28-14(3)4/h7-16,27-28H,1-6H3,(H,29,33)(H,30,34). The van der Waals surface area contributed by atoms with E-state index < -0.39 is 17.9 Å². The van der Waals surface area contributed by atoms with Crippen LogP contribution in [0.5, 0.6) is 0 Å². The van der Waals surface area contributed by atoms with Gasteiger partial charge in [-0.3, -0.25) is 19.2 Å². The zero-order valence-electron chi connectivity index (χ0n) is 20.4. The summed E-state index contributed by atoms with van der Waals surface area (Å²) in [6.07, 6.45) is 0. The molecule has 1 aliphatic rings. The Hall–Kier alpha value is -3.36. The van der Waals surface area contributed by atoms with Crippen LogP contribution in [0.3, 0.4) is 0 Å². The maximum absolute atomic E-state index is 13.7. The Morgan fingerprint density at radius 1 is 0.618 bits per heavy atom. The zero-order chi connectivity index (χ0) is 25.2. The van der Waals surface area contributed by atoms with Gasteiger partial charge in [-0.1, -0.05) is 52.0 Å². The predicted octanol–water partition coefficient (Wildman–Crippen LogP) is 3.11. The van der Waals surface area contributed by atoms with Gasteiger partial charge < -0.3 is 21.3 Å². The molecule has 2 aromatic rings. The van der Waals surface area contributed by atoms with E-state index in [2.05, 4.69) is 21.3 Å². The van der Waals surface area contributed by atoms with Crippen molar-refractivity contribution in [3.05, 3.63) is 58.7 Å². The quantitative estimate of drug-likeness (QED) is 0.407. The molecule has 0 bridgehead atoms. The van der Waals surface area contributed by atoms with Crippen molar-refractivity contribution in [2.45, 2.75) is 65.7 Å². The number of hydrogen-bond donors (Lipinski definition) is 4. The lowest BCUT2D eigenvalue weighted by Gasteiger charge is -2.24. The Morgan fingerprint density at radius 2 is 1.00 bits per heavy atom. The third-order valence-electron chi connectivity index (χ3n) is 5.54. The van der Waals surface area contributed by atoms with Crippen LogP contribution in [0.2, 0.25) is 0 Å². The van der Waals surface area contributed by atoms with Crippen LogP contribution in [-0.4, -0.2) is 47.5 Å². The molecule has 2 aromatic carbocycles. The summed E-state index contributed by atoms with van der Waals surface area (Å²) in [6.45, 7) is 11.2. The molecule has 0 saturated carbocycles. The maximum atomic E-state index is 13.7. The van der Waals surface area contributed by atoms with Gasteiger partial charge in [0.1, 0.15) is 0 Å². The molecule has 4 N–H and O–H groups in total. The molecule has 0 radical (unpaired) electrons. The summed E-state index contributed by atoms with van der Waals surface area (Å²) < 4.78 is 0. The highest BCUT2D eigenvalue weighted by atomic mass is 16.2. The van der Waals surface area contributed by atoms with Gasteiger partial charge in [0.15, 0.2) is 11.6 Å². The molecule has 2 atom stereocenters. The number of carbonyl (C=O) groups excluding carboxylic acids is 4. The zero-order valence-corrected chi connectivity index (χ0v) is 20.4. The van der Waals surface area contributed by atoms with Gasteiger partial charge in [-0.05, 0) is 26.0 Å². The lowest BCUT2D eigenvalue weighted by atomic mass is 9.82. The average molecular weight is 465 g/mol. The lowest BCUT2D eigenvalue weighted by Crippen LogP contribution is -2.42. The topological polar surface area (TPSA) is 116 Å². The molecule has 8 heteroatoms. The van der Waals surface area contributed by atoms with Gasteiger partial charge in [-0.25, -0.2) is 0 Å². The van der Waals surface area contributed by atoms with Crippen molar-refractivity contribution in [2.24, 2.45) is 0 Å². The third-order valence-corrected chi connectivity index (χ3v) is 5.54. The van der Waals surface area contributed by atoms with Gasteiger partial charge >= 0.3 is 0 Å². The van der Waals surface area contributed by atoms with Crippen LogP contribution in [0.1, 0.15) is 73.4 Å². The number of amides is 2. The van der Waals surface area contributed by atoms with E-state index in [1.54, 1.807) is 50.2 Å². The molecule has 0 fully saturated rings. The fourth-order valence-corrected chi connectivity index (χ4v) is 4.08.